The molecule has 0 saturated heterocycles. The summed E-state index contributed by atoms with van der Waals surface area (Å²) >= 11 is 0. The first kappa shape index (κ1) is 20.1. The summed E-state index contributed by atoms with van der Waals surface area (Å²) in [6, 6.07) is 13.8. The number of hydrazine groups is 1. The lowest BCUT2D eigenvalue weighted by atomic mass is 10.2. The molecule has 0 radical (unpaired) electrons. The number of hydrogen-bond donors (Lipinski definition) is 2. The Kier molecular flexibility index (Phi) is 6.67. The second-order valence-corrected chi connectivity index (χ2v) is 7.59. The first-order valence-corrected chi connectivity index (χ1v) is 9.63. The molecule has 9 heteroatoms. The van der Waals surface area contributed by atoms with E-state index in [-0.39, 0.29) is 16.2 Å². The van der Waals surface area contributed by atoms with Crippen molar-refractivity contribution in [2.45, 2.75) is 11.8 Å². The summed E-state index contributed by atoms with van der Waals surface area (Å²) < 4.78 is 28.9. The molecule has 2 aromatic carbocycles. The molecule has 27 heavy (non-hydrogen) atoms. The van der Waals surface area contributed by atoms with E-state index >= 15 is 0 Å². The Morgan fingerprint density at radius 2 is 1.56 bits per heavy atom. The van der Waals surface area contributed by atoms with E-state index in [2.05, 4.69) is 10.9 Å². The van der Waals surface area contributed by atoms with E-state index in [1.165, 1.54) is 31.2 Å². The number of esters is 1. The number of carbonyl (C=O) groups excluding carboxylic acids is 3. The van der Waals surface area contributed by atoms with Crippen molar-refractivity contribution >= 4 is 27.6 Å². The summed E-state index contributed by atoms with van der Waals surface area (Å²) in [5.41, 5.74) is 4.48. The van der Waals surface area contributed by atoms with Crippen LogP contribution in [-0.2, 0) is 19.4 Å². The van der Waals surface area contributed by atoms with Crippen molar-refractivity contribution in [1.29, 1.82) is 0 Å². The van der Waals surface area contributed by atoms with Gasteiger partial charge in [-0.2, -0.15) is 0 Å². The number of amides is 2. The molecule has 2 aromatic rings. The first-order chi connectivity index (χ1) is 12.8. The summed E-state index contributed by atoms with van der Waals surface area (Å²) in [4.78, 5) is 35.5. The average molecular weight is 390 g/mol. The van der Waals surface area contributed by atoms with E-state index in [1.807, 2.05) is 0 Å². The highest BCUT2D eigenvalue weighted by Gasteiger charge is 2.22. The molecule has 0 spiro atoms. The van der Waals surface area contributed by atoms with Crippen LogP contribution in [0.5, 0.6) is 0 Å². The fraction of sp³-hybridized carbons (Fsp3) is 0.167. The van der Waals surface area contributed by atoms with Gasteiger partial charge in [0.1, 0.15) is 0 Å². The zero-order valence-corrected chi connectivity index (χ0v) is 15.3. The molecule has 142 valence electrons. The minimum absolute atomic E-state index is 0.152. The Bertz CT molecular complexity index is 941. The van der Waals surface area contributed by atoms with Gasteiger partial charge in [0.2, 0.25) is 0 Å². The van der Waals surface area contributed by atoms with Crippen molar-refractivity contribution in [3.63, 3.8) is 0 Å². The Hall–Kier alpha value is -3.20. The third-order valence-corrected chi connectivity index (χ3v) is 5.29. The number of rotatable bonds is 6. The van der Waals surface area contributed by atoms with Gasteiger partial charge in [0.25, 0.3) is 11.8 Å². The van der Waals surface area contributed by atoms with Crippen LogP contribution in [0.2, 0.25) is 0 Å². The molecule has 0 fully saturated rings. The van der Waals surface area contributed by atoms with Crippen molar-refractivity contribution in [3.05, 3.63) is 65.7 Å². The topological polar surface area (TPSA) is 119 Å². The van der Waals surface area contributed by atoms with Crippen LogP contribution in [-0.4, -0.2) is 38.6 Å². The van der Waals surface area contributed by atoms with E-state index < -0.39 is 34.2 Å². The summed E-state index contributed by atoms with van der Waals surface area (Å²) in [7, 11) is -3.62. The molecule has 0 heterocycles. The number of ether oxygens (including phenoxy) is 1. The molecule has 8 nitrogen and oxygen atoms in total. The zero-order valence-electron chi connectivity index (χ0n) is 14.5. The number of hydrogen-bond acceptors (Lipinski definition) is 6. The molecule has 0 atom stereocenters. The molecule has 2 rings (SSSR count). The van der Waals surface area contributed by atoms with Crippen LogP contribution in [0.4, 0.5) is 0 Å². The molecule has 0 aliphatic rings. The molecule has 0 aliphatic carbocycles. The van der Waals surface area contributed by atoms with Gasteiger partial charge in [-0.15, -0.1) is 0 Å². The Labute approximate surface area is 156 Å². The van der Waals surface area contributed by atoms with Gasteiger partial charge in [-0.3, -0.25) is 20.4 Å². The molecule has 0 saturated carbocycles. The Balaban J connectivity index is 1.93. The third kappa shape index (κ3) is 5.38. The van der Waals surface area contributed by atoms with Crippen LogP contribution >= 0.6 is 0 Å². The van der Waals surface area contributed by atoms with E-state index in [1.54, 1.807) is 30.3 Å². The summed E-state index contributed by atoms with van der Waals surface area (Å²) in [6.07, 6.45) is 0. The SMILES string of the molecule is CCS(=O)(=O)c1ccccc1C(=O)OCC(=O)NNC(=O)c1ccccc1. The quantitative estimate of drug-likeness (QED) is 0.563. The summed E-state index contributed by atoms with van der Waals surface area (Å²) in [6.45, 7) is 0.773. The molecule has 0 bridgehead atoms. The molecule has 0 unspecified atom stereocenters. The highest BCUT2D eigenvalue weighted by atomic mass is 32.2. The lowest BCUT2D eigenvalue weighted by molar-refractivity contribution is -0.125. The van der Waals surface area contributed by atoms with Gasteiger partial charge in [-0.05, 0) is 24.3 Å². The van der Waals surface area contributed by atoms with Crippen LogP contribution in [0.3, 0.4) is 0 Å². The van der Waals surface area contributed by atoms with Gasteiger partial charge in [0, 0.05) is 5.56 Å². The second kappa shape index (κ2) is 8.95. The predicted octanol–water partition coefficient (Wildman–Crippen LogP) is 1.10. The average Bonchev–Trinajstić information content (AvgIpc) is 2.70. The summed E-state index contributed by atoms with van der Waals surface area (Å²) in [5, 5.41) is 0. The largest absolute Gasteiger partial charge is 0.452 e. The van der Waals surface area contributed by atoms with E-state index in [0.29, 0.717) is 5.56 Å². The Morgan fingerprint density at radius 1 is 0.926 bits per heavy atom. The van der Waals surface area contributed by atoms with Crippen molar-refractivity contribution in [2.24, 2.45) is 0 Å². The maximum absolute atomic E-state index is 12.1. The highest BCUT2D eigenvalue weighted by Crippen LogP contribution is 2.17. The van der Waals surface area contributed by atoms with E-state index in [0.717, 1.165) is 0 Å². The zero-order chi connectivity index (χ0) is 19.9. The van der Waals surface area contributed by atoms with Crippen LogP contribution in [0.1, 0.15) is 27.6 Å². The smallest absolute Gasteiger partial charge is 0.339 e. The number of carbonyl (C=O) groups is 3. The second-order valence-electron chi connectivity index (χ2n) is 5.34. The number of benzene rings is 2. The summed E-state index contributed by atoms with van der Waals surface area (Å²) in [5.74, 6) is -2.44. The lowest BCUT2D eigenvalue weighted by Gasteiger charge is -2.10. The maximum Gasteiger partial charge on any atom is 0.339 e. The first-order valence-electron chi connectivity index (χ1n) is 7.98. The van der Waals surface area contributed by atoms with Gasteiger partial charge in [-0.1, -0.05) is 37.3 Å². The van der Waals surface area contributed by atoms with Crippen molar-refractivity contribution < 1.29 is 27.5 Å². The minimum atomic E-state index is -3.62. The van der Waals surface area contributed by atoms with E-state index in [4.69, 9.17) is 4.74 Å². The monoisotopic (exact) mass is 390 g/mol. The van der Waals surface area contributed by atoms with Gasteiger partial charge < -0.3 is 4.74 Å². The van der Waals surface area contributed by atoms with Crippen molar-refractivity contribution in [1.82, 2.24) is 10.9 Å². The van der Waals surface area contributed by atoms with Crippen molar-refractivity contribution in [2.75, 3.05) is 12.4 Å². The molecular formula is C18H18N2O6S. The third-order valence-electron chi connectivity index (χ3n) is 3.51. The standard InChI is InChI=1S/C18H18N2O6S/c1-2-27(24,25)15-11-7-6-10-14(15)18(23)26-12-16(21)19-20-17(22)13-8-4-3-5-9-13/h3-11H,2,12H2,1H3,(H,19,21)(H,20,22). The maximum atomic E-state index is 12.1. The van der Waals surface area contributed by atoms with Crippen LogP contribution < -0.4 is 10.9 Å². The lowest BCUT2D eigenvalue weighted by Crippen LogP contribution is -2.43. The van der Waals surface area contributed by atoms with Crippen LogP contribution in [0.25, 0.3) is 0 Å². The molecular weight excluding hydrogens is 372 g/mol. The van der Waals surface area contributed by atoms with Gasteiger partial charge in [0.15, 0.2) is 16.4 Å². The van der Waals surface area contributed by atoms with Gasteiger partial charge in [-0.25, -0.2) is 13.2 Å². The molecule has 2 N–H and O–H groups in total. The molecule has 2 amide bonds. The van der Waals surface area contributed by atoms with E-state index in [9.17, 15) is 22.8 Å². The fourth-order valence-electron chi connectivity index (χ4n) is 2.10. The van der Waals surface area contributed by atoms with Crippen LogP contribution in [0.15, 0.2) is 59.5 Å². The van der Waals surface area contributed by atoms with Gasteiger partial charge >= 0.3 is 5.97 Å². The fourth-order valence-corrected chi connectivity index (χ4v) is 3.18. The predicted molar refractivity (Wildman–Crippen MR) is 96.5 cm³/mol. The minimum Gasteiger partial charge on any atom is -0.452 e. The molecule has 0 aromatic heterocycles. The van der Waals surface area contributed by atoms with Crippen LogP contribution in [0, 0.1) is 0 Å². The Morgan fingerprint density at radius 3 is 2.22 bits per heavy atom. The number of nitrogens with one attached hydrogen (secondary N) is 2. The van der Waals surface area contributed by atoms with Crippen molar-refractivity contribution in [3.8, 4) is 0 Å². The normalized spacial score (nSPS) is 10.7. The highest BCUT2D eigenvalue weighted by molar-refractivity contribution is 7.91. The number of sulfone groups is 1. The molecule has 0 aliphatic heterocycles. The van der Waals surface area contributed by atoms with Gasteiger partial charge in [0.05, 0.1) is 16.2 Å².